The maximum Gasteiger partial charge on any atom is 0.227 e. The van der Waals surface area contributed by atoms with Gasteiger partial charge in [-0.25, -0.2) is 4.39 Å². The van der Waals surface area contributed by atoms with Crippen LogP contribution in [-0.4, -0.2) is 30.4 Å². The predicted octanol–water partition coefficient (Wildman–Crippen LogP) is 2.34. The fraction of sp³-hybridized carbons (Fsp3) is 0.562. The van der Waals surface area contributed by atoms with Gasteiger partial charge in [-0.05, 0) is 43.0 Å². The van der Waals surface area contributed by atoms with E-state index >= 15 is 0 Å². The summed E-state index contributed by atoms with van der Waals surface area (Å²) in [6.45, 7) is 4.65. The van der Waals surface area contributed by atoms with Crippen LogP contribution in [0.15, 0.2) is 24.3 Å². The van der Waals surface area contributed by atoms with Gasteiger partial charge in [0, 0.05) is 13.1 Å². The van der Waals surface area contributed by atoms with Crippen molar-refractivity contribution in [2.75, 3.05) is 19.6 Å². The minimum atomic E-state index is -0.225. The first-order chi connectivity index (χ1) is 9.65. The number of hydrogen-bond donors (Lipinski definition) is 1. The topological polar surface area (TPSA) is 32.3 Å². The van der Waals surface area contributed by atoms with Crippen molar-refractivity contribution in [1.29, 1.82) is 0 Å². The lowest BCUT2D eigenvalue weighted by Gasteiger charge is -2.27. The molecule has 2 aliphatic heterocycles. The van der Waals surface area contributed by atoms with E-state index in [-0.39, 0.29) is 23.7 Å². The van der Waals surface area contributed by atoms with Crippen LogP contribution in [0.5, 0.6) is 0 Å². The zero-order valence-electron chi connectivity index (χ0n) is 11.8. The van der Waals surface area contributed by atoms with Gasteiger partial charge in [-0.1, -0.05) is 19.1 Å². The Balaban J connectivity index is 1.83. The lowest BCUT2D eigenvalue weighted by Crippen LogP contribution is -2.37. The Morgan fingerprint density at radius 1 is 1.45 bits per heavy atom. The van der Waals surface area contributed by atoms with Crippen LogP contribution >= 0.6 is 0 Å². The Labute approximate surface area is 119 Å². The smallest absolute Gasteiger partial charge is 0.227 e. The molecule has 0 spiro atoms. The SMILES string of the molecule is C[C@@H]1C[C@@H](c2cccc(F)c2)N(C(=O)[C@H]2CCNC2)C1. The molecule has 3 rings (SSSR count). The Kier molecular flexibility index (Phi) is 3.74. The summed E-state index contributed by atoms with van der Waals surface area (Å²) in [7, 11) is 0. The molecule has 0 saturated carbocycles. The minimum Gasteiger partial charge on any atom is -0.335 e. The molecule has 1 aromatic carbocycles. The van der Waals surface area contributed by atoms with Crippen LogP contribution < -0.4 is 5.32 Å². The van der Waals surface area contributed by atoms with Crippen molar-refractivity contribution in [3.8, 4) is 0 Å². The Morgan fingerprint density at radius 3 is 3.00 bits per heavy atom. The van der Waals surface area contributed by atoms with Crippen molar-refractivity contribution >= 4 is 5.91 Å². The number of likely N-dealkylation sites (tertiary alicyclic amines) is 1. The quantitative estimate of drug-likeness (QED) is 0.899. The summed E-state index contributed by atoms with van der Waals surface area (Å²) in [5.41, 5.74) is 0.925. The molecule has 2 heterocycles. The van der Waals surface area contributed by atoms with Crippen LogP contribution in [0.25, 0.3) is 0 Å². The third-order valence-corrected chi connectivity index (χ3v) is 4.44. The third kappa shape index (κ3) is 2.57. The number of carbonyl (C=O) groups is 1. The van der Waals surface area contributed by atoms with E-state index in [0.29, 0.717) is 5.92 Å². The number of benzene rings is 1. The van der Waals surface area contributed by atoms with Gasteiger partial charge in [0.05, 0.1) is 12.0 Å². The van der Waals surface area contributed by atoms with Crippen LogP contribution in [0.2, 0.25) is 0 Å². The van der Waals surface area contributed by atoms with Gasteiger partial charge in [0.25, 0.3) is 0 Å². The number of hydrogen-bond acceptors (Lipinski definition) is 2. The number of amides is 1. The van der Waals surface area contributed by atoms with Crippen molar-refractivity contribution in [2.45, 2.75) is 25.8 Å². The number of nitrogens with one attached hydrogen (secondary N) is 1. The van der Waals surface area contributed by atoms with Gasteiger partial charge >= 0.3 is 0 Å². The first kappa shape index (κ1) is 13.6. The molecule has 0 unspecified atom stereocenters. The lowest BCUT2D eigenvalue weighted by atomic mass is 10.00. The molecule has 0 radical (unpaired) electrons. The molecule has 0 bridgehead atoms. The second-order valence-corrected chi connectivity index (χ2v) is 6.09. The molecule has 20 heavy (non-hydrogen) atoms. The largest absolute Gasteiger partial charge is 0.335 e. The Hall–Kier alpha value is -1.42. The van der Waals surface area contributed by atoms with Crippen LogP contribution in [0.4, 0.5) is 4.39 Å². The molecular formula is C16H21FN2O. The molecule has 1 aromatic rings. The second-order valence-electron chi connectivity index (χ2n) is 6.09. The standard InChI is InChI=1S/C16H21FN2O/c1-11-7-15(12-3-2-4-14(17)8-12)19(10-11)16(20)13-5-6-18-9-13/h2-4,8,11,13,15,18H,5-7,9-10H2,1H3/t11-,13+,15+/m1/s1. The summed E-state index contributed by atoms with van der Waals surface area (Å²) >= 11 is 0. The van der Waals surface area contributed by atoms with Crippen molar-refractivity contribution < 1.29 is 9.18 Å². The summed E-state index contributed by atoms with van der Waals surface area (Å²) in [5, 5.41) is 3.24. The van der Waals surface area contributed by atoms with Gasteiger partial charge in [-0.2, -0.15) is 0 Å². The second kappa shape index (κ2) is 5.52. The molecule has 2 fully saturated rings. The highest BCUT2D eigenvalue weighted by Crippen LogP contribution is 2.36. The van der Waals surface area contributed by atoms with E-state index in [1.54, 1.807) is 12.1 Å². The van der Waals surface area contributed by atoms with Gasteiger partial charge in [-0.15, -0.1) is 0 Å². The molecule has 3 atom stereocenters. The molecule has 2 saturated heterocycles. The fourth-order valence-corrected chi connectivity index (χ4v) is 3.42. The molecule has 3 nitrogen and oxygen atoms in total. The predicted molar refractivity (Wildman–Crippen MR) is 75.6 cm³/mol. The van der Waals surface area contributed by atoms with Gasteiger partial charge in [0.1, 0.15) is 5.82 Å². The van der Waals surface area contributed by atoms with E-state index in [1.807, 2.05) is 11.0 Å². The van der Waals surface area contributed by atoms with Gasteiger partial charge in [0.15, 0.2) is 0 Å². The van der Waals surface area contributed by atoms with E-state index in [1.165, 1.54) is 6.07 Å². The van der Waals surface area contributed by atoms with Crippen molar-refractivity contribution in [2.24, 2.45) is 11.8 Å². The van der Waals surface area contributed by atoms with Crippen molar-refractivity contribution in [1.82, 2.24) is 10.2 Å². The summed E-state index contributed by atoms with van der Waals surface area (Å²) in [5.74, 6) is 0.573. The third-order valence-electron chi connectivity index (χ3n) is 4.44. The molecule has 1 amide bonds. The zero-order chi connectivity index (χ0) is 14.1. The monoisotopic (exact) mass is 276 g/mol. The van der Waals surface area contributed by atoms with Crippen molar-refractivity contribution in [3.63, 3.8) is 0 Å². The van der Waals surface area contributed by atoms with Crippen LogP contribution in [-0.2, 0) is 4.79 Å². The molecule has 0 aromatic heterocycles. The average molecular weight is 276 g/mol. The minimum absolute atomic E-state index is 0.0359. The number of rotatable bonds is 2. The van der Waals surface area contributed by atoms with Gasteiger partial charge in [-0.3, -0.25) is 4.79 Å². The average Bonchev–Trinajstić information content (AvgIpc) is 3.07. The maximum atomic E-state index is 13.4. The molecule has 2 aliphatic rings. The Bertz CT molecular complexity index is 499. The Morgan fingerprint density at radius 2 is 2.30 bits per heavy atom. The first-order valence-electron chi connectivity index (χ1n) is 7.42. The fourth-order valence-electron chi connectivity index (χ4n) is 3.42. The highest BCUT2D eigenvalue weighted by atomic mass is 19.1. The molecule has 4 heteroatoms. The molecule has 1 N–H and O–H groups in total. The first-order valence-corrected chi connectivity index (χ1v) is 7.42. The van der Waals surface area contributed by atoms with Gasteiger partial charge in [0.2, 0.25) is 5.91 Å². The van der Waals surface area contributed by atoms with E-state index < -0.39 is 0 Å². The van der Waals surface area contributed by atoms with Crippen molar-refractivity contribution in [3.05, 3.63) is 35.6 Å². The van der Waals surface area contributed by atoms with E-state index in [9.17, 15) is 9.18 Å². The summed E-state index contributed by atoms with van der Waals surface area (Å²) < 4.78 is 13.4. The number of nitrogens with zero attached hydrogens (tertiary/aromatic N) is 1. The molecule has 108 valence electrons. The maximum absolute atomic E-state index is 13.4. The van der Waals surface area contributed by atoms with Crippen LogP contribution in [0, 0.1) is 17.7 Å². The lowest BCUT2D eigenvalue weighted by molar-refractivity contribution is -0.136. The zero-order valence-corrected chi connectivity index (χ0v) is 11.8. The normalized spacial score (nSPS) is 29.9. The van der Waals surface area contributed by atoms with Crippen LogP contribution in [0.1, 0.15) is 31.4 Å². The highest BCUT2D eigenvalue weighted by Gasteiger charge is 2.37. The van der Waals surface area contributed by atoms with E-state index in [0.717, 1.165) is 38.0 Å². The number of halogens is 1. The highest BCUT2D eigenvalue weighted by molar-refractivity contribution is 5.80. The summed E-state index contributed by atoms with van der Waals surface area (Å²) in [4.78, 5) is 14.6. The summed E-state index contributed by atoms with van der Waals surface area (Å²) in [6, 6.07) is 6.71. The van der Waals surface area contributed by atoms with Gasteiger partial charge < -0.3 is 10.2 Å². The van der Waals surface area contributed by atoms with E-state index in [4.69, 9.17) is 0 Å². The van der Waals surface area contributed by atoms with E-state index in [2.05, 4.69) is 12.2 Å². The number of carbonyl (C=O) groups excluding carboxylic acids is 1. The molecule has 0 aliphatic carbocycles. The summed E-state index contributed by atoms with van der Waals surface area (Å²) in [6.07, 6.45) is 1.84. The molecular weight excluding hydrogens is 255 g/mol. The van der Waals surface area contributed by atoms with Crippen LogP contribution in [0.3, 0.4) is 0 Å².